The van der Waals surface area contributed by atoms with Crippen LogP contribution >= 0.6 is 0 Å². The maximum absolute atomic E-state index is 13.2. The van der Waals surface area contributed by atoms with Gasteiger partial charge < -0.3 is 14.2 Å². The first-order chi connectivity index (χ1) is 18.2. The minimum absolute atomic E-state index is 0. The number of methoxy groups -OCH3 is 2. The first kappa shape index (κ1) is 26.3. The number of alkyl halides is 2. The number of carbonyl (C=O) groups excluding carboxylic acids is 1. The van der Waals surface area contributed by atoms with Crippen molar-refractivity contribution in [3.8, 4) is 34.6 Å². The minimum atomic E-state index is -4.28. The van der Waals surface area contributed by atoms with Crippen molar-refractivity contribution >= 4 is 15.9 Å². The zero-order valence-corrected chi connectivity index (χ0v) is 20.6. The third-order valence-electron chi connectivity index (χ3n) is 4.84. The number of pyridine rings is 1. The molecule has 38 heavy (non-hydrogen) atoms. The van der Waals surface area contributed by atoms with E-state index in [1.54, 1.807) is 18.2 Å². The van der Waals surface area contributed by atoms with Gasteiger partial charge in [-0.05, 0) is 24.3 Å². The molecular weight excluding hydrogens is 528 g/mol. The molecule has 0 fully saturated rings. The molecule has 1 aromatic carbocycles. The number of hydrogen-bond donors (Lipinski definition) is 1. The smallest absolute Gasteiger partial charge is 0.388 e. The summed E-state index contributed by atoms with van der Waals surface area (Å²) in [6.45, 7) is -3.13. The number of ether oxygens (including phenoxy) is 3. The zero-order valence-electron chi connectivity index (χ0n) is 19.8. The highest BCUT2D eigenvalue weighted by molar-refractivity contribution is 7.89. The number of hydrogen-bond acceptors (Lipinski definition) is 11. The number of aromatic nitrogens is 6. The molecule has 16 heteroatoms. The van der Waals surface area contributed by atoms with E-state index in [-0.39, 0.29) is 36.0 Å². The van der Waals surface area contributed by atoms with Crippen LogP contribution in [0.5, 0.6) is 17.4 Å². The average Bonchev–Trinajstić information content (AvgIpc) is 3.33. The van der Waals surface area contributed by atoms with Gasteiger partial charge in [0.2, 0.25) is 21.7 Å². The minimum Gasteiger partial charge on any atom is -0.494 e. The highest BCUT2D eigenvalue weighted by Gasteiger charge is 2.29. The van der Waals surface area contributed by atoms with E-state index >= 15 is 0 Å². The molecule has 0 unspecified atom stereocenters. The van der Waals surface area contributed by atoms with Crippen molar-refractivity contribution in [3.63, 3.8) is 0 Å². The first-order valence-corrected chi connectivity index (χ1v) is 12.3. The summed E-state index contributed by atoms with van der Waals surface area (Å²) in [6.07, 6.45) is 2.71. The van der Waals surface area contributed by atoms with Gasteiger partial charge in [0.05, 0.1) is 14.2 Å². The van der Waals surface area contributed by atoms with E-state index < -0.39 is 40.0 Å². The predicted molar refractivity (Wildman–Crippen MR) is 129 cm³/mol. The lowest BCUT2D eigenvalue weighted by atomic mass is 10.2. The number of benzene rings is 1. The van der Waals surface area contributed by atoms with E-state index in [2.05, 4.69) is 29.9 Å². The summed E-state index contributed by atoms with van der Waals surface area (Å²) in [5.74, 6) is -2.54. The number of nitrogens with one attached hydrogen (secondary N) is 1. The second kappa shape index (κ2) is 11.1. The molecule has 3 aromatic heterocycles. The summed E-state index contributed by atoms with van der Waals surface area (Å²) in [5.41, 5.74) is 0.0941. The molecule has 0 atom stereocenters. The quantitative estimate of drug-likeness (QED) is 0.309. The van der Waals surface area contributed by atoms with Crippen LogP contribution in [0.25, 0.3) is 17.2 Å². The molecule has 4 aromatic rings. The molecule has 0 saturated heterocycles. The largest absolute Gasteiger partial charge is 0.494 e. The van der Waals surface area contributed by atoms with Gasteiger partial charge >= 0.3 is 12.5 Å². The van der Waals surface area contributed by atoms with E-state index in [0.29, 0.717) is 0 Å². The lowest BCUT2D eigenvalue weighted by molar-refractivity contribution is -0.0527. The SMILES string of the molecule is COc1cccc(OC)c1-n1c(C(=O)NS(=O)(=O)Cc2ncccn2)nnc1-c1cccc(OC(F)F)n1.[HH]. The van der Waals surface area contributed by atoms with Gasteiger partial charge in [-0.15, -0.1) is 10.2 Å². The summed E-state index contributed by atoms with van der Waals surface area (Å²) in [4.78, 5) is 24.9. The lowest BCUT2D eigenvalue weighted by Crippen LogP contribution is -2.34. The van der Waals surface area contributed by atoms with Crippen LogP contribution < -0.4 is 18.9 Å². The highest BCUT2D eigenvalue weighted by atomic mass is 32.2. The fraction of sp³-hybridized carbons (Fsp3) is 0.182. The first-order valence-electron chi connectivity index (χ1n) is 10.6. The second-order valence-electron chi connectivity index (χ2n) is 7.29. The number of amides is 1. The molecule has 1 N–H and O–H groups in total. The van der Waals surface area contributed by atoms with Gasteiger partial charge in [-0.1, -0.05) is 12.1 Å². The average molecular weight is 550 g/mol. The Morgan fingerprint density at radius 2 is 1.68 bits per heavy atom. The van der Waals surface area contributed by atoms with Crippen molar-refractivity contribution < 1.29 is 37.6 Å². The number of sulfonamides is 1. The molecule has 0 aliphatic heterocycles. The number of nitrogens with zero attached hydrogens (tertiary/aromatic N) is 6. The summed E-state index contributed by atoms with van der Waals surface area (Å²) < 4.78 is 69.2. The van der Waals surface area contributed by atoms with Crippen molar-refractivity contribution in [2.75, 3.05) is 14.2 Å². The van der Waals surface area contributed by atoms with Gasteiger partial charge in [0.15, 0.2) is 5.82 Å². The van der Waals surface area contributed by atoms with Gasteiger partial charge in [-0.2, -0.15) is 8.78 Å². The van der Waals surface area contributed by atoms with Crippen LogP contribution in [-0.2, 0) is 15.8 Å². The topological polar surface area (TPSA) is 160 Å². The molecule has 13 nitrogen and oxygen atoms in total. The van der Waals surface area contributed by atoms with Gasteiger partial charge in [-0.3, -0.25) is 9.36 Å². The fourth-order valence-corrected chi connectivity index (χ4v) is 4.29. The Morgan fingerprint density at radius 1 is 1.03 bits per heavy atom. The van der Waals surface area contributed by atoms with Crippen LogP contribution in [0.15, 0.2) is 54.9 Å². The van der Waals surface area contributed by atoms with Crippen molar-refractivity contribution in [1.82, 2.24) is 34.4 Å². The van der Waals surface area contributed by atoms with Crippen molar-refractivity contribution in [2.45, 2.75) is 12.4 Å². The monoisotopic (exact) mass is 549 g/mol. The molecule has 1 amide bonds. The maximum Gasteiger partial charge on any atom is 0.388 e. The summed E-state index contributed by atoms with van der Waals surface area (Å²) >= 11 is 0. The van der Waals surface area contributed by atoms with E-state index in [1.165, 1.54) is 50.9 Å². The number of halogens is 2. The summed E-state index contributed by atoms with van der Waals surface area (Å²) in [6, 6.07) is 10.2. The molecular formula is C22H21F2N7O6S. The number of carbonyl (C=O) groups is 1. The third-order valence-corrected chi connectivity index (χ3v) is 5.98. The van der Waals surface area contributed by atoms with Crippen LogP contribution in [0, 0.1) is 0 Å². The maximum atomic E-state index is 13.2. The van der Waals surface area contributed by atoms with Gasteiger partial charge in [0.25, 0.3) is 0 Å². The van der Waals surface area contributed by atoms with Crippen molar-refractivity contribution in [2.24, 2.45) is 0 Å². The van der Waals surface area contributed by atoms with Crippen molar-refractivity contribution in [3.05, 3.63) is 66.5 Å². The fourth-order valence-electron chi connectivity index (χ4n) is 3.35. The summed E-state index contributed by atoms with van der Waals surface area (Å²) in [7, 11) is -1.55. The predicted octanol–water partition coefficient (Wildman–Crippen LogP) is 2.24. The highest BCUT2D eigenvalue weighted by Crippen LogP contribution is 2.36. The zero-order chi connectivity index (χ0) is 27.3. The second-order valence-corrected chi connectivity index (χ2v) is 9.01. The molecule has 0 aliphatic rings. The molecule has 0 aliphatic carbocycles. The standard InChI is InChI=1S/C22H19F2N7O6S.H2/c1-35-14-7-4-8-15(36-2)18(14)31-19(13-6-3-9-17(27-13)37-22(23)24)28-29-20(31)21(32)30-38(33,34)12-16-25-10-5-11-26-16;/h3-11,22H,12H2,1-2H3,(H,30,32);1H. The number of para-hydroxylation sites is 1. The molecule has 0 spiro atoms. The van der Waals surface area contributed by atoms with Crippen molar-refractivity contribution in [1.29, 1.82) is 0 Å². The van der Waals surface area contributed by atoms with Crippen LogP contribution in [0.3, 0.4) is 0 Å². The molecule has 4 rings (SSSR count). The van der Waals surface area contributed by atoms with Crippen LogP contribution in [0.1, 0.15) is 17.9 Å². The molecule has 200 valence electrons. The van der Waals surface area contributed by atoms with E-state index in [9.17, 15) is 22.0 Å². The Hall–Kier alpha value is -4.73. The van der Waals surface area contributed by atoms with E-state index in [4.69, 9.17) is 9.47 Å². The van der Waals surface area contributed by atoms with Crippen LogP contribution in [-0.4, -0.2) is 64.9 Å². The number of rotatable bonds is 10. The van der Waals surface area contributed by atoms with E-state index in [0.717, 1.165) is 4.57 Å². The third kappa shape index (κ3) is 5.80. The van der Waals surface area contributed by atoms with Gasteiger partial charge in [0.1, 0.15) is 34.5 Å². The normalized spacial score (nSPS) is 11.3. The molecule has 3 heterocycles. The Kier molecular flexibility index (Phi) is 7.71. The van der Waals surface area contributed by atoms with Gasteiger partial charge in [-0.25, -0.2) is 28.1 Å². The lowest BCUT2D eigenvalue weighted by Gasteiger charge is -2.17. The van der Waals surface area contributed by atoms with Crippen LogP contribution in [0.4, 0.5) is 8.78 Å². The summed E-state index contributed by atoms with van der Waals surface area (Å²) in [5, 5.41) is 7.85. The Morgan fingerprint density at radius 3 is 2.32 bits per heavy atom. The Balaban J connectivity index is 0.00000420. The molecule has 0 bridgehead atoms. The van der Waals surface area contributed by atoms with E-state index in [1.807, 2.05) is 4.72 Å². The van der Waals surface area contributed by atoms with Crippen LogP contribution in [0.2, 0.25) is 0 Å². The Bertz CT molecular complexity index is 1540. The Labute approximate surface area is 216 Å². The van der Waals surface area contributed by atoms with Gasteiger partial charge in [0, 0.05) is 19.9 Å². The molecule has 0 saturated carbocycles. The molecule has 0 radical (unpaired) electrons.